The molecule has 1 aromatic rings. The molecule has 74 valence electrons. The molecule has 15 heavy (non-hydrogen) atoms. The third-order valence-corrected chi connectivity index (χ3v) is 2.59. The van der Waals surface area contributed by atoms with Crippen molar-refractivity contribution < 1.29 is 44.2 Å². The van der Waals surface area contributed by atoms with Crippen LogP contribution in [0, 0.1) is 6.92 Å². The number of hydrogen-bond donors (Lipinski definition) is 0. The van der Waals surface area contributed by atoms with Gasteiger partial charge in [0.1, 0.15) is 0 Å². The van der Waals surface area contributed by atoms with Gasteiger partial charge in [0.2, 0.25) is 0 Å². The van der Waals surface area contributed by atoms with Crippen molar-refractivity contribution in [2.75, 3.05) is 13.2 Å². The Morgan fingerprint density at radius 1 is 1.47 bits per heavy atom. The molecule has 0 atom stereocenters. The van der Waals surface area contributed by atoms with E-state index in [2.05, 4.69) is 0 Å². The van der Waals surface area contributed by atoms with Gasteiger partial charge in [-0.1, -0.05) is 18.2 Å². The van der Waals surface area contributed by atoms with Crippen molar-refractivity contribution in [1.29, 1.82) is 0 Å². The van der Waals surface area contributed by atoms with E-state index in [-0.39, 0.29) is 35.5 Å². The Hall–Kier alpha value is -0.350. The number of rotatable bonds is 2. The molecule has 0 bridgehead atoms. The van der Waals surface area contributed by atoms with Gasteiger partial charge in [0.05, 0.1) is 19.2 Å². The zero-order chi connectivity index (χ0) is 10.1. The van der Waals surface area contributed by atoms with E-state index in [1.54, 1.807) is 13.0 Å². The number of carbonyl (C=O) groups excluding carboxylic acids is 1. The molecule has 0 aliphatic carbocycles. The van der Waals surface area contributed by atoms with E-state index in [4.69, 9.17) is 4.74 Å². The Kier molecular flexibility index (Phi) is 4.34. The summed E-state index contributed by atoms with van der Waals surface area (Å²) < 4.78 is 5.05. The normalized spacial score (nSPS) is 15.3. The molecule has 1 aromatic carbocycles. The smallest absolute Gasteiger partial charge is 0.545 e. The molecular weight excluding hydrogens is 203 g/mol. The fourth-order valence-electron chi connectivity index (χ4n) is 1.72. The van der Waals surface area contributed by atoms with E-state index in [0.717, 1.165) is 11.1 Å². The second kappa shape index (κ2) is 5.12. The molecule has 0 saturated carbocycles. The summed E-state index contributed by atoms with van der Waals surface area (Å²) in [5, 5.41) is 10.9. The minimum atomic E-state index is -1.09. The molecule has 1 saturated heterocycles. The molecule has 0 radical (unpaired) electrons. The number of aryl methyl sites for hydroxylation is 1. The van der Waals surface area contributed by atoms with Crippen molar-refractivity contribution in [3.63, 3.8) is 0 Å². The van der Waals surface area contributed by atoms with Crippen LogP contribution in [0.2, 0.25) is 0 Å². The SMILES string of the molecule is Cc1cccc(C2COC2)c1C(=O)[O-].[Na+]. The summed E-state index contributed by atoms with van der Waals surface area (Å²) in [6.07, 6.45) is 0. The van der Waals surface area contributed by atoms with Gasteiger partial charge in [-0.05, 0) is 18.1 Å². The number of benzene rings is 1. The summed E-state index contributed by atoms with van der Waals surface area (Å²) >= 11 is 0. The quantitative estimate of drug-likeness (QED) is 0.510. The molecule has 1 aliphatic heterocycles. The Morgan fingerprint density at radius 3 is 2.60 bits per heavy atom. The van der Waals surface area contributed by atoms with E-state index < -0.39 is 5.97 Å². The van der Waals surface area contributed by atoms with E-state index >= 15 is 0 Å². The van der Waals surface area contributed by atoms with Crippen LogP contribution in [0.3, 0.4) is 0 Å². The van der Waals surface area contributed by atoms with Crippen molar-refractivity contribution >= 4 is 5.97 Å². The van der Waals surface area contributed by atoms with Gasteiger partial charge in [-0.3, -0.25) is 0 Å². The van der Waals surface area contributed by atoms with Crippen LogP contribution in [0.25, 0.3) is 0 Å². The van der Waals surface area contributed by atoms with Gasteiger partial charge in [0.15, 0.2) is 0 Å². The summed E-state index contributed by atoms with van der Waals surface area (Å²) in [4.78, 5) is 10.9. The number of ether oxygens (including phenoxy) is 1. The monoisotopic (exact) mass is 214 g/mol. The summed E-state index contributed by atoms with van der Waals surface area (Å²) in [7, 11) is 0. The summed E-state index contributed by atoms with van der Waals surface area (Å²) in [6.45, 7) is 3.02. The maximum absolute atomic E-state index is 10.9. The maximum atomic E-state index is 10.9. The number of carboxylic acids is 1. The van der Waals surface area contributed by atoms with Gasteiger partial charge in [0.25, 0.3) is 0 Å². The van der Waals surface area contributed by atoms with Crippen LogP contribution < -0.4 is 34.7 Å². The van der Waals surface area contributed by atoms with E-state index in [1.165, 1.54) is 0 Å². The van der Waals surface area contributed by atoms with Crippen LogP contribution in [0.15, 0.2) is 18.2 Å². The van der Waals surface area contributed by atoms with Crippen LogP contribution in [0.1, 0.15) is 27.4 Å². The average Bonchev–Trinajstić information content (AvgIpc) is 1.99. The van der Waals surface area contributed by atoms with Crippen molar-refractivity contribution in [3.05, 3.63) is 34.9 Å². The molecule has 3 nitrogen and oxygen atoms in total. The fourth-order valence-corrected chi connectivity index (χ4v) is 1.72. The van der Waals surface area contributed by atoms with Crippen molar-refractivity contribution in [2.45, 2.75) is 12.8 Å². The molecular formula is C11H11NaO3. The summed E-state index contributed by atoms with van der Waals surface area (Å²) in [5.41, 5.74) is 1.94. The predicted molar refractivity (Wildman–Crippen MR) is 49.1 cm³/mol. The first kappa shape index (κ1) is 12.7. The van der Waals surface area contributed by atoms with Crippen LogP contribution in [-0.4, -0.2) is 19.2 Å². The average molecular weight is 214 g/mol. The van der Waals surface area contributed by atoms with Crippen LogP contribution in [-0.2, 0) is 4.74 Å². The van der Waals surface area contributed by atoms with Crippen LogP contribution in [0.4, 0.5) is 0 Å². The van der Waals surface area contributed by atoms with E-state index in [9.17, 15) is 9.90 Å². The molecule has 1 fully saturated rings. The Morgan fingerprint density at radius 2 is 2.13 bits per heavy atom. The second-order valence-electron chi connectivity index (χ2n) is 3.56. The first-order valence-corrected chi connectivity index (χ1v) is 4.58. The molecule has 4 heteroatoms. The number of aromatic carboxylic acids is 1. The first-order valence-electron chi connectivity index (χ1n) is 4.58. The van der Waals surface area contributed by atoms with Crippen molar-refractivity contribution in [2.24, 2.45) is 0 Å². The minimum absolute atomic E-state index is 0. The van der Waals surface area contributed by atoms with Gasteiger partial charge < -0.3 is 14.6 Å². The zero-order valence-electron chi connectivity index (χ0n) is 8.95. The van der Waals surface area contributed by atoms with Crippen LogP contribution >= 0.6 is 0 Å². The topological polar surface area (TPSA) is 49.4 Å². The first-order chi connectivity index (χ1) is 6.70. The predicted octanol–water partition coefficient (Wildman–Crippen LogP) is -2.52. The molecule has 1 heterocycles. The van der Waals surface area contributed by atoms with E-state index in [1.807, 2.05) is 12.1 Å². The Balaban J connectivity index is 0.00000112. The van der Waals surface area contributed by atoms with Gasteiger partial charge in [0, 0.05) is 11.5 Å². The third-order valence-electron chi connectivity index (χ3n) is 2.59. The van der Waals surface area contributed by atoms with Crippen molar-refractivity contribution in [1.82, 2.24) is 0 Å². The molecule has 0 N–H and O–H groups in total. The minimum Gasteiger partial charge on any atom is -0.545 e. The second-order valence-corrected chi connectivity index (χ2v) is 3.56. The standard InChI is InChI=1S/C11H12O3.Na/c1-7-3-2-4-9(8-5-14-6-8)10(7)11(12)13;/h2-4,8H,5-6H2,1H3,(H,12,13);/q;+1/p-1. The molecule has 0 unspecified atom stereocenters. The van der Waals surface area contributed by atoms with Gasteiger partial charge in [-0.25, -0.2) is 0 Å². The third kappa shape index (κ3) is 2.42. The number of carbonyl (C=O) groups is 1. The summed E-state index contributed by atoms with van der Waals surface area (Å²) in [5.74, 6) is -0.868. The van der Waals surface area contributed by atoms with E-state index in [0.29, 0.717) is 18.8 Å². The molecule has 1 aliphatic rings. The molecule has 0 amide bonds. The molecule has 0 spiro atoms. The molecule has 0 aromatic heterocycles. The zero-order valence-corrected chi connectivity index (χ0v) is 10.9. The van der Waals surface area contributed by atoms with Gasteiger partial charge in [-0.2, -0.15) is 0 Å². The summed E-state index contributed by atoms with van der Waals surface area (Å²) in [6, 6.07) is 5.49. The number of hydrogen-bond acceptors (Lipinski definition) is 3. The molecule has 2 rings (SSSR count). The van der Waals surface area contributed by atoms with Gasteiger partial charge >= 0.3 is 29.6 Å². The maximum Gasteiger partial charge on any atom is 1.00 e. The Labute approximate surface area is 111 Å². The van der Waals surface area contributed by atoms with Gasteiger partial charge in [-0.15, -0.1) is 0 Å². The largest absolute Gasteiger partial charge is 1.00 e. The van der Waals surface area contributed by atoms with Crippen molar-refractivity contribution in [3.8, 4) is 0 Å². The number of carboxylic acid groups (broad SMARTS) is 1. The Bertz CT molecular complexity index is 372. The fraction of sp³-hybridized carbons (Fsp3) is 0.364. The van der Waals surface area contributed by atoms with Crippen LogP contribution in [0.5, 0.6) is 0 Å².